The predicted molar refractivity (Wildman–Crippen MR) is 70.7 cm³/mol. The smallest absolute Gasteiger partial charge is 0.222 e. The number of anilines is 1. The summed E-state index contributed by atoms with van der Waals surface area (Å²) in [4.78, 5) is 17.8. The van der Waals surface area contributed by atoms with Gasteiger partial charge in [0.15, 0.2) is 0 Å². The molecule has 0 unspecified atom stereocenters. The highest BCUT2D eigenvalue weighted by Crippen LogP contribution is 2.27. The summed E-state index contributed by atoms with van der Waals surface area (Å²) in [6.45, 7) is 2.82. The molecule has 92 valence electrons. The SMILES string of the molecule is C[C@@H]1CC[C@@H](C(N)=O)CN1c1cc(Br)ccn1. The van der Waals surface area contributed by atoms with Gasteiger partial charge in [-0.2, -0.15) is 0 Å². The first kappa shape index (κ1) is 12.4. The number of nitrogens with two attached hydrogens (primary N) is 1. The third-order valence-corrected chi connectivity index (χ3v) is 3.78. The minimum Gasteiger partial charge on any atom is -0.369 e. The molecule has 1 fully saturated rings. The van der Waals surface area contributed by atoms with E-state index in [1.165, 1.54) is 0 Å². The minimum absolute atomic E-state index is 0.0630. The zero-order valence-electron chi connectivity index (χ0n) is 9.77. The van der Waals surface area contributed by atoms with Crippen LogP contribution in [-0.4, -0.2) is 23.5 Å². The molecular weight excluding hydrogens is 282 g/mol. The van der Waals surface area contributed by atoms with Gasteiger partial charge in [0.25, 0.3) is 0 Å². The maximum Gasteiger partial charge on any atom is 0.222 e. The number of pyridine rings is 1. The van der Waals surface area contributed by atoms with Crippen molar-refractivity contribution in [1.82, 2.24) is 4.98 Å². The fourth-order valence-corrected chi connectivity index (χ4v) is 2.53. The molecule has 1 aliphatic heterocycles. The lowest BCUT2D eigenvalue weighted by molar-refractivity contribution is -0.122. The van der Waals surface area contributed by atoms with E-state index in [2.05, 4.69) is 32.7 Å². The van der Waals surface area contributed by atoms with Crippen molar-refractivity contribution in [1.29, 1.82) is 0 Å². The highest BCUT2D eigenvalue weighted by molar-refractivity contribution is 9.10. The molecule has 1 aliphatic rings. The first-order valence-corrected chi connectivity index (χ1v) is 6.54. The Morgan fingerprint density at radius 1 is 1.59 bits per heavy atom. The van der Waals surface area contributed by atoms with Crippen LogP contribution >= 0.6 is 15.9 Å². The molecule has 5 heteroatoms. The Hall–Kier alpha value is -1.10. The molecule has 2 N–H and O–H groups in total. The van der Waals surface area contributed by atoms with Crippen molar-refractivity contribution in [3.8, 4) is 0 Å². The maximum atomic E-state index is 11.3. The highest BCUT2D eigenvalue weighted by Gasteiger charge is 2.29. The van der Waals surface area contributed by atoms with E-state index in [1.807, 2.05) is 12.1 Å². The van der Waals surface area contributed by atoms with Crippen LogP contribution in [0.4, 0.5) is 5.82 Å². The minimum atomic E-state index is -0.211. The Balaban J connectivity index is 2.20. The lowest BCUT2D eigenvalue weighted by atomic mass is 9.93. The zero-order valence-corrected chi connectivity index (χ0v) is 11.4. The van der Waals surface area contributed by atoms with E-state index < -0.39 is 0 Å². The van der Waals surface area contributed by atoms with Crippen molar-refractivity contribution in [3.63, 3.8) is 0 Å². The summed E-state index contributed by atoms with van der Waals surface area (Å²) in [5.41, 5.74) is 5.39. The van der Waals surface area contributed by atoms with Crippen molar-refractivity contribution < 1.29 is 4.79 Å². The molecule has 0 aliphatic carbocycles. The van der Waals surface area contributed by atoms with Gasteiger partial charge in [0.1, 0.15) is 5.82 Å². The van der Waals surface area contributed by atoms with E-state index >= 15 is 0 Å². The molecule has 2 heterocycles. The summed E-state index contributed by atoms with van der Waals surface area (Å²) in [5.74, 6) is 0.627. The van der Waals surface area contributed by atoms with Gasteiger partial charge in [-0.3, -0.25) is 4.79 Å². The number of carbonyl (C=O) groups is 1. The fraction of sp³-hybridized carbons (Fsp3) is 0.500. The number of aromatic nitrogens is 1. The van der Waals surface area contributed by atoms with Crippen LogP contribution in [0.15, 0.2) is 22.8 Å². The molecule has 2 atom stereocenters. The average molecular weight is 298 g/mol. The van der Waals surface area contributed by atoms with Crippen molar-refractivity contribution in [2.45, 2.75) is 25.8 Å². The van der Waals surface area contributed by atoms with E-state index in [1.54, 1.807) is 6.20 Å². The maximum absolute atomic E-state index is 11.3. The molecular formula is C12H16BrN3O. The number of hydrogen-bond acceptors (Lipinski definition) is 3. The molecule has 0 bridgehead atoms. The molecule has 0 aromatic carbocycles. The van der Waals surface area contributed by atoms with Crippen LogP contribution in [0.25, 0.3) is 0 Å². The quantitative estimate of drug-likeness (QED) is 0.907. The first-order chi connectivity index (χ1) is 8.08. The van der Waals surface area contributed by atoms with E-state index in [0.717, 1.165) is 23.1 Å². The van der Waals surface area contributed by atoms with Crippen molar-refractivity contribution in [3.05, 3.63) is 22.8 Å². The lowest BCUT2D eigenvalue weighted by Gasteiger charge is -2.37. The van der Waals surface area contributed by atoms with Gasteiger partial charge in [-0.25, -0.2) is 4.98 Å². The molecule has 0 saturated carbocycles. The van der Waals surface area contributed by atoms with E-state index in [0.29, 0.717) is 12.6 Å². The van der Waals surface area contributed by atoms with Gasteiger partial charge in [0.2, 0.25) is 5.91 Å². The van der Waals surface area contributed by atoms with E-state index in [9.17, 15) is 4.79 Å². The van der Waals surface area contributed by atoms with Crippen LogP contribution in [-0.2, 0) is 4.79 Å². The number of nitrogens with zero attached hydrogens (tertiary/aromatic N) is 2. The van der Waals surface area contributed by atoms with Gasteiger partial charge in [-0.05, 0) is 31.9 Å². The molecule has 1 saturated heterocycles. The van der Waals surface area contributed by atoms with Gasteiger partial charge in [-0.15, -0.1) is 0 Å². The van der Waals surface area contributed by atoms with Gasteiger partial charge in [0.05, 0.1) is 5.92 Å². The fourth-order valence-electron chi connectivity index (χ4n) is 2.21. The summed E-state index contributed by atoms with van der Waals surface area (Å²) >= 11 is 3.43. The van der Waals surface area contributed by atoms with Crippen molar-refractivity contribution in [2.75, 3.05) is 11.4 Å². The second-order valence-electron chi connectivity index (χ2n) is 4.51. The van der Waals surface area contributed by atoms with Crippen LogP contribution in [0.2, 0.25) is 0 Å². The van der Waals surface area contributed by atoms with Crippen LogP contribution in [0, 0.1) is 5.92 Å². The number of carbonyl (C=O) groups excluding carboxylic acids is 1. The topological polar surface area (TPSA) is 59.2 Å². The molecule has 1 aromatic rings. The predicted octanol–water partition coefficient (Wildman–Crippen LogP) is 1.93. The number of hydrogen-bond donors (Lipinski definition) is 1. The molecule has 2 rings (SSSR count). The Kier molecular flexibility index (Phi) is 3.66. The Bertz CT molecular complexity index is 424. The summed E-state index contributed by atoms with van der Waals surface area (Å²) in [6.07, 6.45) is 3.61. The molecule has 4 nitrogen and oxygen atoms in total. The lowest BCUT2D eigenvalue weighted by Crippen LogP contribution is -2.46. The highest BCUT2D eigenvalue weighted by atomic mass is 79.9. The van der Waals surface area contributed by atoms with Gasteiger partial charge in [-0.1, -0.05) is 15.9 Å². The number of piperidine rings is 1. The van der Waals surface area contributed by atoms with Crippen molar-refractivity contribution >= 4 is 27.7 Å². The number of amides is 1. The molecule has 0 spiro atoms. The van der Waals surface area contributed by atoms with Crippen LogP contribution in [0.5, 0.6) is 0 Å². The Morgan fingerprint density at radius 3 is 3.00 bits per heavy atom. The summed E-state index contributed by atoms with van der Waals surface area (Å²) in [5, 5.41) is 0. The second kappa shape index (κ2) is 5.04. The summed E-state index contributed by atoms with van der Waals surface area (Å²) in [6, 6.07) is 4.26. The zero-order chi connectivity index (χ0) is 12.4. The van der Waals surface area contributed by atoms with Crippen LogP contribution in [0.1, 0.15) is 19.8 Å². The number of rotatable bonds is 2. The third-order valence-electron chi connectivity index (χ3n) is 3.29. The number of halogens is 1. The second-order valence-corrected chi connectivity index (χ2v) is 5.43. The third kappa shape index (κ3) is 2.77. The van der Waals surface area contributed by atoms with E-state index in [-0.39, 0.29) is 11.8 Å². The van der Waals surface area contributed by atoms with Crippen LogP contribution < -0.4 is 10.6 Å². The normalized spacial score (nSPS) is 24.7. The standard InChI is InChI=1S/C12H16BrN3O/c1-8-2-3-9(12(14)17)7-16(8)11-6-10(13)4-5-15-11/h4-6,8-9H,2-3,7H2,1H3,(H2,14,17)/t8-,9-/m1/s1. The van der Waals surface area contributed by atoms with Crippen LogP contribution in [0.3, 0.4) is 0 Å². The van der Waals surface area contributed by atoms with E-state index in [4.69, 9.17) is 5.73 Å². The summed E-state index contributed by atoms with van der Waals surface area (Å²) < 4.78 is 0.996. The Labute approximate surface area is 109 Å². The average Bonchev–Trinajstić information content (AvgIpc) is 2.29. The first-order valence-electron chi connectivity index (χ1n) is 5.75. The molecule has 1 aromatic heterocycles. The Morgan fingerprint density at radius 2 is 2.35 bits per heavy atom. The van der Waals surface area contributed by atoms with Crippen molar-refractivity contribution in [2.24, 2.45) is 11.7 Å². The number of primary amides is 1. The largest absolute Gasteiger partial charge is 0.369 e. The van der Waals surface area contributed by atoms with Gasteiger partial charge < -0.3 is 10.6 Å². The summed E-state index contributed by atoms with van der Waals surface area (Å²) in [7, 11) is 0. The van der Waals surface area contributed by atoms with Gasteiger partial charge in [0, 0.05) is 23.3 Å². The molecule has 0 radical (unpaired) electrons. The molecule has 17 heavy (non-hydrogen) atoms. The monoisotopic (exact) mass is 297 g/mol. The van der Waals surface area contributed by atoms with Gasteiger partial charge >= 0.3 is 0 Å². The molecule has 1 amide bonds.